The number of ether oxygens (including phenoxy) is 1. The monoisotopic (exact) mass is 502 g/mol. The summed E-state index contributed by atoms with van der Waals surface area (Å²) in [6.45, 7) is 3.85. The lowest BCUT2D eigenvalue weighted by Crippen LogP contribution is -2.41. The van der Waals surface area contributed by atoms with Crippen molar-refractivity contribution in [3.63, 3.8) is 0 Å². The number of fused-ring (bicyclic) bond motifs is 1. The number of anilines is 1. The van der Waals surface area contributed by atoms with Crippen molar-refractivity contribution in [1.82, 2.24) is 5.32 Å². The molecular weight excluding hydrogens is 472 g/mol. The van der Waals surface area contributed by atoms with Crippen LogP contribution in [-0.2, 0) is 21.2 Å². The number of sulfonamides is 1. The van der Waals surface area contributed by atoms with Crippen LogP contribution in [0.1, 0.15) is 16.7 Å². The van der Waals surface area contributed by atoms with Gasteiger partial charge in [-0.25, -0.2) is 8.42 Å². The van der Waals surface area contributed by atoms with Crippen LogP contribution in [0.15, 0.2) is 89.8 Å². The number of carbonyl (C=O) groups excluding carboxylic acids is 1. The molecule has 0 aliphatic heterocycles. The number of aryl methyl sites for hydroxylation is 1. The van der Waals surface area contributed by atoms with Gasteiger partial charge in [-0.2, -0.15) is 0 Å². The van der Waals surface area contributed by atoms with Gasteiger partial charge < -0.3 is 10.1 Å². The van der Waals surface area contributed by atoms with Crippen molar-refractivity contribution in [2.75, 3.05) is 24.5 Å². The maximum Gasteiger partial charge on any atom is 0.265 e. The van der Waals surface area contributed by atoms with Crippen LogP contribution >= 0.6 is 0 Å². The van der Waals surface area contributed by atoms with E-state index in [4.69, 9.17) is 4.74 Å². The number of benzene rings is 4. The minimum atomic E-state index is -4.05. The van der Waals surface area contributed by atoms with Gasteiger partial charge in [-0.05, 0) is 66.6 Å². The normalized spacial score (nSPS) is 11.3. The van der Waals surface area contributed by atoms with E-state index in [2.05, 4.69) is 5.32 Å². The van der Waals surface area contributed by atoms with Gasteiger partial charge in [0, 0.05) is 11.9 Å². The maximum absolute atomic E-state index is 14.0. The highest BCUT2D eigenvalue weighted by Crippen LogP contribution is 2.31. The molecule has 0 saturated carbocycles. The summed E-state index contributed by atoms with van der Waals surface area (Å²) in [5.74, 6) is 0.378. The van der Waals surface area contributed by atoms with E-state index in [9.17, 15) is 13.2 Å². The van der Waals surface area contributed by atoms with Crippen LogP contribution in [-0.4, -0.2) is 34.5 Å². The van der Waals surface area contributed by atoms with E-state index < -0.39 is 10.0 Å². The van der Waals surface area contributed by atoms with E-state index in [-0.39, 0.29) is 17.3 Å². The third-order valence-corrected chi connectivity index (χ3v) is 8.14. The van der Waals surface area contributed by atoms with Crippen LogP contribution in [0.5, 0.6) is 5.75 Å². The van der Waals surface area contributed by atoms with Gasteiger partial charge >= 0.3 is 0 Å². The zero-order valence-electron chi connectivity index (χ0n) is 20.7. The number of methoxy groups -OCH3 is 1. The quantitative estimate of drug-likeness (QED) is 0.349. The predicted octanol–water partition coefficient (Wildman–Crippen LogP) is 5.02. The molecule has 0 aliphatic carbocycles. The first-order chi connectivity index (χ1) is 17.3. The number of hydrogen-bond acceptors (Lipinski definition) is 4. The Morgan fingerprint density at radius 3 is 2.44 bits per heavy atom. The fraction of sp³-hybridized carbons (Fsp3) is 0.207. The second-order valence-electron chi connectivity index (χ2n) is 8.66. The van der Waals surface area contributed by atoms with Crippen LogP contribution in [0.3, 0.4) is 0 Å². The molecule has 0 saturated heterocycles. The first kappa shape index (κ1) is 25.3. The molecule has 0 aromatic heterocycles. The maximum atomic E-state index is 14.0. The Morgan fingerprint density at radius 1 is 0.917 bits per heavy atom. The average Bonchev–Trinajstić information content (AvgIpc) is 2.89. The Kier molecular flexibility index (Phi) is 7.60. The molecular formula is C29H30N2O4S. The van der Waals surface area contributed by atoms with Crippen LogP contribution in [0, 0.1) is 13.8 Å². The Balaban J connectivity index is 1.63. The van der Waals surface area contributed by atoms with Crippen molar-refractivity contribution in [2.45, 2.75) is 25.2 Å². The number of hydrogen-bond donors (Lipinski definition) is 1. The van der Waals surface area contributed by atoms with Gasteiger partial charge in [-0.3, -0.25) is 9.10 Å². The Bertz CT molecular complexity index is 1490. The number of rotatable bonds is 9. The smallest absolute Gasteiger partial charge is 0.265 e. The zero-order chi connectivity index (χ0) is 25.7. The first-order valence-corrected chi connectivity index (χ1v) is 13.2. The van der Waals surface area contributed by atoms with Gasteiger partial charge in [-0.15, -0.1) is 0 Å². The molecule has 0 atom stereocenters. The molecule has 4 aromatic rings. The molecule has 0 bridgehead atoms. The Labute approximate surface area is 212 Å². The molecule has 0 heterocycles. The van der Waals surface area contributed by atoms with Gasteiger partial charge in [-0.1, -0.05) is 60.7 Å². The summed E-state index contributed by atoms with van der Waals surface area (Å²) in [5.41, 5.74) is 3.27. The van der Waals surface area contributed by atoms with Crippen LogP contribution in [0.2, 0.25) is 0 Å². The molecule has 0 unspecified atom stereocenters. The van der Waals surface area contributed by atoms with Crippen molar-refractivity contribution in [1.29, 1.82) is 0 Å². The summed E-state index contributed by atoms with van der Waals surface area (Å²) in [6, 6.07) is 25.7. The van der Waals surface area contributed by atoms with Crippen molar-refractivity contribution in [3.05, 3.63) is 102 Å². The highest BCUT2D eigenvalue weighted by molar-refractivity contribution is 7.93. The average molecular weight is 503 g/mol. The largest absolute Gasteiger partial charge is 0.497 e. The van der Waals surface area contributed by atoms with E-state index in [1.807, 2.05) is 74.5 Å². The standard InChI is InChI=1S/C29H30N2O4S/c1-21-9-6-15-27(22(21)2)31(20-29(32)30-18-17-23-10-7-13-25(19-23)35-3)36(33,34)28-16-8-12-24-11-4-5-14-26(24)28/h4-16,19H,17-18,20H2,1-3H3,(H,30,32). The molecule has 7 heteroatoms. The third kappa shape index (κ3) is 5.36. The minimum Gasteiger partial charge on any atom is -0.497 e. The van der Waals surface area contributed by atoms with Crippen molar-refractivity contribution in [2.24, 2.45) is 0 Å². The minimum absolute atomic E-state index is 0.172. The van der Waals surface area contributed by atoms with E-state index in [1.165, 1.54) is 4.31 Å². The number of nitrogens with zero attached hydrogens (tertiary/aromatic N) is 1. The summed E-state index contributed by atoms with van der Waals surface area (Å²) in [6.07, 6.45) is 0.600. The van der Waals surface area contributed by atoms with Crippen LogP contribution in [0.4, 0.5) is 5.69 Å². The summed E-state index contributed by atoms with van der Waals surface area (Å²) >= 11 is 0. The lowest BCUT2D eigenvalue weighted by molar-refractivity contribution is -0.119. The summed E-state index contributed by atoms with van der Waals surface area (Å²) in [4.78, 5) is 13.2. The van der Waals surface area contributed by atoms with Crippen molar-refractivity contribution in [3.8, 4) is 5.75 Å². The molecule has 0 spiro atoms. The predicted molar refractivity (Wildman–Crippen MR) is 144 cm³/mol. The fourth-order valence-corrected chi connectivity index (χ4v) is 5.90. The van der Waals surface area contributed by atoms with Gasteiger partial charge in [0.25, 0.3) is 10.0 Å². The van der Waals surface area contributed by atoms with E-state index >= 15 is 0 Å². The Hall–Kier alpha value is -3.84. The summed E-state index contributed by atoms with van der Waals surface area (Å²) < 4.78 is 34.6. The first-order valence-electron chi connectivity index (χ1n) is 11.8. The lowest BCUT2D eigenvalue weighted by Gasteiger charge is -2.27. The molecule has 1 amide bonds. The molecule has 6 nitrogen and oxygen atoms in total. The van der Waals surface area contributed by atoms with Crippen molar-refractivity contribution >= 4 is 32.4 Å². The zero-order valence-corrected chi connectivity index (χ0v) is 21.5. The van der Waals surface area contributed by atoms with E-state index in [1.54, 1.807) is 31.4 Å². The lowest BCUT2D eigenvalue weighted by atomic mass is 10.1. The fourth-order valence-electron chi connectivity index (χ4n) is 4.21. The Morgan fingerprint density at radius 2 is 1.64 bits per heavy atom. The van der Waals surface area contributed by atoms with Gasteiger partial charge in [0.05, 0.1) is 17.7 Å². The second-order valence-corrected chi connectivity index (χ2v) is 10.5. The second kappa shape index (κ2) is 10.8. The molecule has 4 aromatic carbocycles. The molecule has 4 rings (SSSR count). The molecule has 0 fully saturated rings. The molecule has 0 radical (unpaired) electrons. The highest BCUT2D eigenvalue weighted by atomic mass is 32.2. The van der Waals surface area contributed by atoms with Crippen molar-refractivity contribution < 1.29 is 17.9 Å². The summed E-state index contributed by atoms with van der Waals surface area (Å²) in [7, 11) is -2.44. The molecule has 0 aliphatic rings. The number of carbonyl (C=O) groups is 1. The molecule has 36 heavy (non-hydrogen) atoms. The number of nitrogens with one attached hydrogen (secondary N) is 1. The topological polar surface area (TPSA) is 75.7 Å². The molecule has 186 valence electrons. The SMILES string of the molecule is COc1cccc(CCNC(=O)CN(c2cccc(C)c2C)S(=O)(=O)c2cccc3ccccc23)c1. The highest BCUT2D eigenvalue weighted by Gasteiger charge is 2.29. The molecule has 1 N–H and O–H groups in total. The number of amides is 1. The third-order valence-electron chi connectivity index (χ3n) is 6.32. The van der Waals surface area contributed by atoms with Gasteiger partial charge in [0.15, 0.2) is 0 Å². The van der Waals surface area contributed by atoms with Crippen LogP contribution < -0.4 is 14.4 Å². The van der Waals surface area contributed by atoms with Crippen LogP contribution in [0.25, 0.3) is 10.8 Å². The summed E-state index contributed by atoms with van der Waals surface area (Å²) in [5, 5.41) is 4.32. The van der Waals surface area contributed by atoms with E-state index in [0.717, 1.165) is 27.8 Å². The van der Waals surface area contributed by atoms with Gasteiger partial charge in [0.1, 0.15) is 12.3 Å². The van der Waals surface area contributed by atoms with E-state index in [0.29, 0.717) is 24.0 Å². The van der Waals surface area contributed by atoms with Gasteiger partial charge in [0.2, 0.25) is 5.91 Å².